The molecule has 25 heavy (non-hydrogen) atoms. The lowest BCUT2D eigenvalue weighted by molar-refractivity contribution is -0.145. The van der Waals surface area contributed by atoms with E-state index in [1.54, 1.807) is 11.6 Å². The summed E-state index contributed by atoms with van der Waals surface area (Å²) in [6.45, 7) is 0.581. The van der Waals surface area contributed by atoms with E-state index in [4.69, 9.17) is 9.94 Å². The highest BCUT2D eigenvalue weighted by molar-refractivity contribution is 5.90. The maximum absolute atomic E-state index is 12.1. The number of benzene rings is 1. The van der Waals surface area contributed by atoms with Gasteiger partial charge in [0.1, 0.15) is 6.04 Å². The first-order chi connectivity index (χ1) is 12.1. The Morgan fingerprint density at radius 2 is 1.92 bits per heavy atom. The Hall–Kier alpha value is -2.18. The highest BCUT2D eigenvalue weighted by Gasteiger charge is 2.29. The van der Waals surface area contributed by atoms with Crippen molar-refractivity contribution in [3.05, 3.63) is 41.5 Å². The Bertz CT molecular complexity index is 592. The summed E-state index contributed by atoms with van der Waals surface area (Å²) in [5.74, 6) is -0.430. The molecule has 2 rings (SSSR count). The number of amides is 1. The van der Waals surface area contributed by atoms with E-state index in [9.17, 15) is 9.59 Å². The van der Waals surface area contributed by atoms with Crippen molar-refractivity contribution in [2.24, 2.45) is 5.92 Å². The van der Waals surface area contributed by atoms with Crippen molar-refractivity contribution in [3.63, 3.8) is 0 Å². The van der Waals surface area contributed by atoms with Gasteiger partial charge in [-0.1, -0.05) is 43.5 Å². The third-order valence-corrected chi connectivity index (χ3v) is 4.62. The number of carbonyl (C=O) groups excluding carboxylic acids is 2. The van der Waals surface area contributed by atoms with Crippen LogP contribution in [0.25, 0.3) is 6.08 Å². The van der Waals surface area contributed by atoms with Crippen molar-refractivity contribution in [1.82, 2.24) is 10.8 Å². The average Bonchev–Trinajstić information content (AvgIpc) is 2.67. The van der Waals surface area contributed by atoms with Gasteiger partial charge in [-0.05, 0) is 36.0 Å². The zero-order valence-electron chi connectivity index (χ0n) is 14.5. The van der Waals surface area contributed by atoms with Gasteiger partial charge in [-0.2, -0.15) is 0 Å². The van der Waals surface area contributed by atoms with E-state index >= 15 is 0 Å². The molecule has 1 aromatic rings. The van der Waals surface area contributed by atoms with Crippen LogP contribution in [-0.2, 0) is 20.9 Å². The largest absolute Gasteiger partial charge is 0.468 e. The van der Waals surface area contributed by atoms with Gasteiger partial charge >= 0.3 is 5.97 Å². The maximum Gasteiger partial charge on any atom is 0.323 e. The molecule has 0 aliphatic heterocycles. The number of hydrogen-bond donors (Lipinski definition) is 3. The van der Waals surface area contributed by atoms with E-state index in [-0.39, 0.29) is 12.0 Å². The van der Waals surface area contributed by atoms with Crippen LogP contribution in [0.5, 0.6) is 0 Å². The molecule has 136 valence electrons. The Kier molecular flexibility index (Phi) is 7.63. The van der Waals surface area contributed by atoms with Gasteiger partial charge in [-0.25, -0.2) is 5.48 Å². The van der Waals surface area contributed by atoms with Crippen LogP contribution in [0.2, 0.25) is 0 Å². The second kappa shape index (κ2) is 9.96. The fraction of sp³-hybridized carbons (Fsp3) is 0.474. The second-order valence-corrected chi connectivity index (χ2v) is 6.33. The van der Waals surface area contributed by atoms with Crippen LogP contribution in [0.1, 0.15) is 43.2 Å². The molecule has 6 heteroatoms. The molecule has 3 N–H and O–H groups in total. The van der Waals surface area contributed by atoms with Gasteiger partial charge in [0.25, 0.3) is 5.91 Å². The molecule has 1 aliphatic carbocycles. The van der Waals surface area contributed by atoms with E-state index in [1.165, 1.54) is 32.4 Å². The van der Waals surface area contributed by atoms with Gasteiger partial charge in [0.15, 0.2) is 0 Å². The number of hydroxylamine groups is 1. The van der Waals surface area contributed by atoms with Crippen LogP contribution in [-0.4, -0.2) is 30.2 Å². The van der Waals surface area contributed by atoms with Crippen molar-refractivity contribution in [3.8, 4) is 0 Å². The SMILES string of the molecule is COC(=O)[C@@H](NCc1ccc(/C=C/C(=O)NO)cc1)C1CCCCC1. The van der Waals surface area contributed by atoms with Crippen molar-refractivity contribution in [1.29, 1.82) is 0 Å². The Labute approximate surface area is 148 Å². The lowest BCUT2D eigenvalue weighted by Crippen LogP contribution is -2.44. The molecular formula is C19H26N2O4. The van der Waals surface area contributed by atoms with Gasteiger partial charge < -0.3 is 10.1 Å². The molecule has 1 fully saturated rings. The molecule has 0 saturated heterocycles. The zero-order chi connectivity index (χ0) is 18.1. The lowest BCUT2D eigenvalue weighted by Gasteiger charge is -2.29. The summed E-state index contributed by atoms with van der Waals surface area (Å²) in [7, 11) is 1.43. The molecule has 0 radical (unpaired) electrons. The first-order valence-corrected chi connectivity index (χ1v) is 8.66. The predicted molar refractivity (Wildman–Crippen MR) is 94.6 cm³/mol. The summed E-state index contributed by atoms with van der Waals surface area (Å²) >= 11 is 0. The van der Waals surface area contributed by atoms with Crippen LogP contribution in [0.4, 0.5) is 0 Å². The molecule has 0 heterocycles. The molecule has 0 unspecified atom stereocenters. The van der Waals surface area contributed by atoms with E-state index in [0.717, 1.165) is 24.0 Å². The molecule has 1 aromatic carbocycles. The van der Waals surface area contributed by atoms with E-state index in [0.29, 0.717) is 12.5 Å². The first-order valence-electron chi connectivity index (χ1n) is 8.66. The Morgan fingerprint density at radius 1 is 1.24 bits per heavy atom. The molecule has 1 atom stereocenters. The molecule has 0 aromatic heterocycles. The van der Waals surface area contributed by atoms with Crippen LogP contribution < -0.4 is 10.8 Å². The number of methoxy groups -OCH3 is 1. The zero-order valence-corrected chi connectivity index (χ0v) is 14.5. The van der Waals surface area contributed by atoms with Gasteiger partial charge in [0.05, 0.1) is 7.11 Å². The fourth-order valence-corrected chi connectivity index (χ4v) is 3.22. The number of nitrogens with one attached hydrogen (secondary N) is 2. The molecular weight excluding hydrogens is 320 g/mol. The van der Waals surface area contributed by atoms with Gasteiger partial charge in [0.2, 0.25) is 0 Å². The minimum absolute atomic E-state index is 0.193. The van der Waals surface area contributed by atoms with Crippen LogP contribution in [0.15, 0.2) is 30.3 Å². The van der Waals surface area contributed by atoms with Crippen molar-refractivity contribution in [2.75, 3.05) is 7.11 Å². The summed E-state index contributed by atoms with van der Waals surface area (Å²) in [5.41, 5.74) is 3.45. The molecule has 1 aliphatic rings. The topological polar surface area (TPSA) is 87.7 Å². The highest BCUT2D eigenvalue weighted by Crippen LogP contribution is 2.27. The van der Waals surface area contributed by atoms with Crippen molar-refractivity contribution >= 4 is 18.0 Å². The quantitative estimate of drug-likeness (QED) is 0.305. The van der Waals surface area contributed by atoms with Crippen LogP contribution >= 0.6 is 0 Å². The summed E-state index contributed by atoms with van der Waals surface area (Å²) in [5, 5.41) is 11.8. The van der Waals surface area contributed by atoms with E-state index < -0.39 is 5.91 Å². The summed E-state index contributed by atoms with van der Waals surface area (Å²) in [6.07, 6.45) is 8.57. The Balaban J connectivity index is 1.94. The maximum atomic E-state index is 12.1. The number of ether oxygens (including phenoxy) is 1. The number of rotatable bonds is 7. The normalized spacial score (nSPS) is 16.6. The summed E-state index contributed by atoms with van der Waals surface area (Å²) < 4.78 is 4.97. The number of esters is 1. The molecule has 0 spiro atoms. The second-order valence-electron chi connectivity index (χ2n) is 6.33. The molecule has 1 saturated carbocycles. The lowest BCUT2D eigenvalue weighted by atomic mass is 9.84. The van der Waals surface area contributed by atoms with Gasteiger partial charge in [0, 0.05) is 12.6 Å². The molecule has 0 bridgehead atoms. The smallest absolute Gasteiger partial charge is 0.323 e. The molecule has 1 amide bonds. The van der Waals surface area contributed by atoms with Crippen molar-refractivity contribution < 1.29 is 19.5 Å². The highest BCUT2D eigenvalue weighted by atomic mass is 16.5. The Morgan fingerprint density at radius 3 is 2.52 bits per heavy atom. The number of hydrogen-bond acceptors (Lipinski definition) is 5. The summed E-state index contributed by atoms with van der Waals surface area (Å²) in [4.78, 5) is 23.1. The minimum atomic E-state index is -0.570. The van der Waals surface area contributed by atoms with Crippen molar-refractivity contribution in [2.45, 2.75) is 44.7 Å². The summed E-state index contributed by atoms with van der Waals surface area (Å²) in [6, 6.07) is 7.38. The predicted octanol–water partition coefficient (Wildman–Crippen LogP) is 2.42. The standard InChI is InChI=1S/C19H26N2O4/c1-25-19(23)18(16-5-3-2-4-6-16)20-13-15-9-7-14(8-10-15)11-12-17(22)21-24/h7-12,16,18,20,24H,2-6,13H2,1H3,(H,21,22)/b12-11+/t18-/m0/s1. The van der Waals surface area contributed by atoms with Crippen LogP contribution in [0.3, 0.4) is 0 Å². The van der Waals surface area contributed by atoms with Crippen LogP contribution in [0, 0.1) is 5.92 Å². The third kappa shape index (κ3) is 5.99. The van der Waals surface area contributed by atoms with E-state index in [2.05, 4.69) is 5.32 Å². The first kappa shape index (κ1) is 19.1. The fourth-order valence-electron chi connectivity index (χ4n) is 3.22. The third-order valence-electron chi connectivity index (χ3n) is 4.62. The van der Waals surface area contributed by atoms with Gasteiger partial charge in [-0.15, -0.1) is 0 Å². The number of carbonyl (C=O) groups is 2. The van der Waals surface area contributed by atoms with E-state index in [1.807, 2.05) is 24.3 Å². The monoisotopic (exact) mass is 346 g/mol. The average molecular weight is 346 g/mol. The molecule has 6 nitrogen and oxygen atoms in total. The van der Waals surface area contributed by atoms with Gasteiger partial charge in [-0.3, -0.25) is 14.8 Å². The minimum Gasteiger partial charge on any atom is -0.468 e.